The maximum absolute atomic E-state index is 14.1. The second-order valence-corrected chi connectivity index (χ2v) is 13.5. The molecule has 6 rings (SSSR count). The van der Waals surface area contributed by atoms with E-state index in [1.807, 2.05) is 0 Å². The van der Waals surface area contributed by atoms with E-state index in [1.165, 1.54) is 24.0 Å². The van der Waals surface area contributed by atoms with E-state index in [1.54, 1.807) is 4.57 Å². The summed E-state index contributed by atoms with van der Waals surface area (Å²) in [5.41, 5.74) is -1.12. The number of nitrogens with zero attached hydrogens (tertiary/aromatic N) is 2. The average Bonchev–Trinajstić information content (AvgIpc) is 3.39. The number of fused-ring (bicyclic) bond motifs is 1. The smallest absolute Gasteiger partial charge is 0.293 e. The summed E-state index contributed by atoms with van der Waals surface area (Å²) < 4.78 is 54.9. The molecule has 1 saturated carbocycles. The third-order valence-corrected chi connectivity index (χ3v) is 10.6. The Morgan fingerprint density at radius 1 is 1.10 bits per heavy atom. The lowest BCUT2D eigenvalue weighted by Gasteiger charge is -2.58. The van der Waals surface area contributed by atoms with Gasteiger partial charge in [0.05, 0.1) is 10.6 Å². The molecule has 1 aromatic heterocycles. The lowest BCUT2D eigenvalue weighted by atomic mass is 9.70. The Labute approximate surface area is 240 Å². The molecule has 2 N–H and O–H groups in total. The highest BCUT2D eigenvalue weighted by Gasteiger charge is 2.65. The third kappa shape index (κ3) is 4.57. The van der Waals surface area contributed by atoms with Gasteiger partial charge in [0.2, 0.25) is 5.91 Å². The van der Waals surface area contributed by atoms with Crippen molar-refractivity contribution < 1.29 is 36.6 Å². The number of aromatic nitrogens is 1. The normalized spacial score (nSPS) is 21.3. The van der Waals surface area contributed by atoms with Gasteiger partial charge in [-0.2, -0.15) is 0 Å². The number of benzene rings is 1. The highest BCUT2D eigenvalue weighted by Crippen LogP contribution is 2.49. The van der Waals surface area contributed by atoms with Crippen LogP contribution in [0.15, 0.2) is 18.2 Å². The van der Waals surface area contributed by atoms with Gasteiger partial charge in [-0.05, 0) is 43.5 Å². The molecule has 0 atom stereocenters. The molecule has 2 saturated heterocycles. The van der Waals surface area contributed by atoms with Gasteiger partial charge in [0.15, 0.2) is 0 Å². The number of hydrogen-bond acceptors (Lipinski definition) is 5. The number of halogens is 4. The largest absolute Gasteiger partial charge is 0.340 e. The highest BCUT2D eigenvalue weighted by atomic mass is 35.5. The van der Waals surface area contributed by atoms with E-state index >= 15 is 0 Å². The molecule has 0 bridgehead atoms. The monoisotopic (exact) mass is 610 g/mol. The van der Waals surface area contributed by atoms with E-state index in [2.05, 4.69) is 10.6 Å². The fraction of sp³-hybridized carbons (Fsp3) is 0.481. The van der Waals surface area contributed by atoms with Crippen molar-refractivity contribution in [1.29, 1.82) is 0 Å². The third-order valence-electron chi connectivity index (χ3n) is 8.39. The molecule has 3 aliphatic heterocycles. The Kier molecular flexibility index (Phi) is 6.42. The van der Waals surface area contributed by atoms with Crippen molar-refractivity contribution in [2.45, 2.75) is 50.6 Å². The number of hydrogen-bond donors (Lipinski definition) is 2. The van der Waals surface area contributed by atoms with E-state index in [9.17, 15) is 36.6 Å². The molecule has 0 unspecified atom stereocenters. The van der Waals surface area contributed by atoms with Crippen LogP contribution in [-0.2, 0) is 33.4 Å². The zero-order valence-electron chi connectivity index (χ0n) is 22.0. The number of rotatable bonds is 6. The van der Waals surface area contributed by atoms with Gasteiger partial charge in [0.25, 0.3) is 23.5 Å². The minimum atomic E-state index is -3.17. The van der Waals surface area contributed by atoms with Crippen LogP contribution in [0.3, 0.4) is 0 Å². The molecule has 2 aromatic rings. The number of likely N-dealkylation sites (tertiary alicyclic amines) is 1. The summed E-state index contributed by atoms with van der Waals surface area (Å²) in [6.45, 7) is 2.48. The molecule has 1 aliphatic carbocycles. The van der Waals surface area contributed by atoms with Crippen molar-refractivity contribution in [3.8, 4) is 0 Å². The standard InChI is InChI=1S/C27H26ClF3N4O5S/c1-14-19(18-3-2-6-35(18)20(14)22(37)32-15-4-5-17(29)16(28)7-15)21(36)23(38)33-26(8-27(30,31)9-26)24(39)34-10-25(11-34)12-41(40)13-25/h4-5,7H,2-3,6,8-13H2,1H3,(H,32,37)(H,33,38). The summed E-state index contributed by atoms with van der Waals surface area (Å²) in [6, 6.07) is 3.67. The van der Waals surface area contributed by atoms with Gasteiger partial charge in [-0.1, -0.05) is 11.6 Å². The van der Waals surface area contributed by atoms with Crippen LogP contribution in [0.25, 0.3) is 0 Å². The van der Waals surface area contributed by atoms with Crippen molar-refractivity contribution in [2.24, 2.45) is 5.41 Å². The van der Waals surface area contributed by atoms with E-state index in [0.717, 1.165) is 6.07 Å². The summed E-state index contributed by atoms with van der Waals surface area (Å²) in [4.78, 5) is 54.6. The van der Waals surface area contributed by atoms with Gasteiger partial charge in [0, 0.05) is 71.6 Å². The fourth-order valence-electron chi connectivity index (χ4n) is 6.62. The second kappa shape index (κ2) is 9.41. The van der Waals surface area contributed by atoms with Crippen LogP contribution < -0.4 is 10.6 Å². The quantitative estimate of drug-likeness (QED) is 0.385. The second-order valence-electron chi connectivity index (χ2n) is 11.6. The Balaban J connectivity index is 1.22. The molecule has 41 heavy (non-hydrogen) atoms. The number of nitrogens with one attached hydrogen (secondary N) is 2. The minimum absolute atomic E-state index is 0.00387. The Bertz CT molecular complexity index is 1550. The molecule has 9 nitrogen and oxygen atoms in total. The van der Waals surface area contributed by atoms with Crippen molar-refractivity contribution in [2.75, 3.05) is 29.9 Å². The molecule has 218 valence electrons. The first-order valence-electron chi connectivity index (χ1n) is 13.1. The molecule has 3 fully saturated rings. The van der Waals surface area contributed by atoms with E-state index in [-0.39, 0.29) is 46.0 Å². The lowest BCUT2D eigenvalue weighted by Crippen LogP contribution is -2.76. The van der Waals surface area contributed by atoms with E-state index < -0.39 is 64.4 Å². The maximum atomic E-state index is 14.1. The van der Waals surface area contributed by atoms with Gasteiger partial charge in [0.1, 0.15) is 17.1 Å². The average molecular weight is 611 g/mol. The number of carbonyl (C=O) groups excluding carboxylic acids is 4. The number of alkyl halides is 2. The van der Waals surface area contributed by atoms with Gasteiger partial charge in [-0.25, -0.2) is 13.2 Å². The zero-order chi connectivity index (χ0) is 29.5. The van der Waals surface area contributed by atoms with Crippen molar-refractivity contribution in [3.05, 3.63) is 51.6 Å². The highest BCUT2D eigenvalue weighted by molar-refractivity contribution is 7.86. The van der Waals surface area contributed by atoms with Crippen LogP contribution in [-0.4, -0.2) is 73.2 Å². The molecule has 14 heteroatoms. The topological polar surface area (TPSA) is 118 Å². The number of amides is 3. The summed E-state index contributed by atoms with van der Waals surface area (Å²) in [5.74, 6) is -6.41. The van der Waals surface area contributed by atoms with Crippen LogP contribution in [0, 0.1) is 18.2 Å². The fourth-order valence-corrected chi connectivity index (χ4v) is 8.45. The number of Topliss-reactive ketones (excluding diaryl/α,β-unsaturated/α-hetero) is 1. The molecule has 0 radical (unpaired) electrons. The SMILES string of the molecule is Cc1c(C(=O)C(=O)NC2(C(=O)N3CC4(C3)CS(=O)C4)CC(F)(F)C2)c2n(c1C(=O)Nc1ccc(F)c(Cl)c1)CCC2. The van der Waals surface area contributed by atoms with Gasteiger partial charge < -0.3 is 20.1 Å². The summed E-state index contributed by atoms with van der Waals surface area (Å²) in [7, 11) is -0.938. The lowest BCUT2D eigenvalue weighted by molar-refractivity contribution is -0.180. The first-order chi connectivity index (χ1) is 19.2. The predicted molar refractivity (Wildman–Crippen MR) is 143 cm³/mol. The van der Waals surface area contributed by atoms with E-state index in [0.29, 0.717) is 36.6 Å². The minimum Gasteiger partial charge on any atom is -0.340 e. The molecule has 1 spiro atoms. The first kappa shape index (κ1) is 28.0. The molecular weight excluding hydrogens is 585 g/mol. The van der Waals surface area contributed by atoms with Crippen LogP contribution in [0.1, 0.15) is 51.4 Å². The molecule has 3 amide bonds. The van der Waals surface area contributed by atoms with Crippen LogP contribution >= 0.6 is 11.6 Å². The van der Waals surface area contributed by atoms with Crippen LogP contribution in [0.4, 0.5) is 18.9 Å². The predicted octanol–water partition coefficient (Wildman–Crippen LogP) is 2.85. The van der Waals surface area contributed by atoms with Gasteiger partial charge in [-0.15, -0.1) is 0 Å². The Morgan fingerprint density at radius 2 is 1.78 bits per heavy atom. The van der Waals surface area contributed by atoms with Crippen LogP contribution in [0.2, 0.25) is 5.02 Å². The molecule has 1 aromatic carbocycles. The number of anilines is 1. The molecule has 4 heterocycles. The van der Waals surface area contributed by atoms with E-state index in [4.69, 9.17) is 11.6 Å². The first-order valence-corrected chi connectivity index (χ1v) is 15.0. The molecule has 4 aliphatic rings. The molecular formula is C27H26ClF3N4O5S. The van der Waals surface area contributed by atoms with Gasteiger partial charge in [-0.3, -0.25) is 23.4 Å². The van der Waals surface area contributed by atoms with Crippen molar-refractivity contribution in [3.63, 3.8) is 0 Å². The van der Waals surface area contributed by atoms with Crippen LogP contribution in [0.5, 0.6) is 0 Å². The van der Waals surface area contributed by atoms with Crippen molar-refractivity contribution >= 4 is 51.6 Å². The summed E-state index contributed by atoms with van der Waals surface area (Å²) in [6.07, 6.45) is -0.831. The zero-order valence-corrected chi connectivity index (χ0v) is 23.5. The number of ketones is 1. The summed E-state index contributed by atoms with van der Waals surface area (Å²) >= 11 is 5.81. The Hall–Kier alpha value is -3.19. The van der Waals surface area contributed by atoms with Gasteiger partial charge >= 0.3 is 0 Å². The van der Waals surface area contributed by atoms with Crippen molar-refractivity contribution in [1.82, 2.24) is 14.8 Å². The Morgan fingerprint density at radius 3 is 2.39 bits per heavy atom. The summed E-state index contributed by atoms with van der Waals surface area (Å²) in [5, 5.41) is 4.77. The maximum Gasteiger partial charge on any atom is 0.293 e. The number of carbonyl (C=O) groups is 4.